The van der Waals surface area contributed by atoms with E-state index in [9.17, 15) is 4.79 Å². The molecule has 0 aliphatic carbocycles. The average molecular weight is 329 g/mol. The molecule has 1 fully saturated rings. The SMILES string of the molecule is CCOC(=O)c1sc(N2CCCC(CC)C2)c(SC)c1N. The Morgan fingerprint density at radius 3 is 2.90 bits per heavy atom. The molecular formula is C15H24N2O2S2. The van der Waals surface area contributed by atoms with Crippen LogP contribution in [0.2, 0.25) is 0 Å². The van der Waals surface area contributed by atoms with E-state index in [4.69, 9.17) is 10.5 Å². The second-order valence-electron chi connectivity index (χ2n) is 5.27. The predicted molar refractivity (Wildman–Crippen MR) is 91.7 cm³/mol. The van der Waals surface area contributed by atoms with Gasteiger partial charge in [0.15, 0.2) is 0 Å². The maximum atomic E-state index is 12.0. The summed E-state index contributed by atoms with van der Waals surface area (Å²) in [5.41, 5.74) is 6.76. The molecule has 21 heavy (non-hydrogen) atoms. The van der Waals surface area contributed by atoms with Gasteiger partial charge in [0.1, 0.15) is 9.88 Å². The average Bonchev–Trinajstić information content (AvgIpc) is 2.84. The molecule has 0 amide bonds. The van der Waals surface area contributed by atoms with E-state index in [1.807, 2.05) is 13.2 Å². The highest BCUT2D eigenvalue weighted by Gasteiger charge is 2.27. The van der Waals surface area contributed by atoms with Crippen LogP contribution in [0.5, 0.6) is 0 Å². The van der Waals surface area contributed by atoms with Gasteiger partial charge in [0, 0.05) is 13.1 Å². The molecule has 0 saturated carbocycles. The van der Waals surface area contributed by atoms with Gasteiger partial charge in [-0.3, -0.25) is 0 Å². The summed E-state index contributed by atoms with van der Waals surface area (Å²) in [6, 6.07) is 0. The summed E-state index contributed by atoms with van der Waals surface area (Å²) in [6.07, 6.45) is 5.72. The normalized spacial score (nSPS) is 18.8. The van der Waals surface area contributed by atoms with Crippen LogP contribution in [0, 0.1) is 5.92 Å². The van der Waals surface area contributed by atoms with Crippen molar-refractivity contribution in [1.29, 1.82) is 0 Å². The Balaban J connectivity index is 2.30. The molecule has 4 nitrogen and oxygen atoms in total. The molecule has 1 aromatic heterocycles. The number of hydrogen-bond donors (Lipinski definition) is 1. The number of carbonyl (C=O) groups excluding carboxylic acids is 1. The van der Waals surface area contributed by atoms with Gasteiger partial charge in [0.2, 0.25) is 0 Å². The van der Waals surface area contributed by atoms with E-state index in [1.165, 1.54) is 30.6 Å². The minimum Gasteiger partial charge on any atom is -0.462 e. The Bertz CT molecular complexity index is 502. The highest BCUT2D eigenvalue weighted by molar-refractivity contribution is 7.99. The predicted octanol–water partition coefficient (Wildman–Crippen LogP) is 3.86. The number of ether oxygens (including phenoxy) is 1. The number of nitrogen functional groups attached to an aromatic ring is 1. The molecule has 1 atom stereocenters. The fraction of sp³-hybridized carbons (Fsp3) is 0.667. The minimum absolute atomic E-state index is 0.300. The fourth-order valence-electron chi connectivity index (χ4n) is 2.75. The second kappa shape index (κ2) is 7.40. The number of carbonyl (C=O) groups is 1. The molecule has 2 N–H and O–H groups in total. The van der Waals surface area contributed by atoms with Crippen LogP contribution < -0.4 is 10.6 Å². The van der Waals surface area contributed by atoms with Gasteiger partial charge in [-0.25, -0.2) is 4.79 Å². The molecule has 1 unspecified atom stereocenters. The van der Waals surface area contributed by atoms with Gasteiger partial charge in [-0.2, -0.15) is 0 Å². The van der Waals surface area contributed by atoms with Crippen molar-refractivity contribution in [3.8, 4) is 0 Å². The number of esters is 1. The molecular weight excluding hydrogens is 304 g/mol. The molecule has 0 bridgehead atoms. The number of nitrogens with two attached hydrogens (primary N) is 1. The van der Waals surface area contributed by atoms with E-state index >= 15 is 0 Å². The minimum atomic E-state index is -0.300. The number of nitrogens with zero attached hydrogens (tertiary/aromatic N) is 1. The number of thiophene rings is 1. The first-order valence-corrected chi connectivity index (χ1v) is 9.54. The third-order valence-electron chi connectivity index (χ3n) is 3.93. The smallest absolute Gasteiger partial charge is 0.350 e. The van der Waals surface area contributed by atoms with E-state index < -0.39 is 0 Å². The molecule has 6 heteroatoms. The zero-order chi connectivity index (χ0) is 15.4. The van der Waals surface area contributed by atoms with Crippen molar-refractivity contribution in [1.82, 2.24) is 0 Å². The Morgan fingerprint density at radius 1 is 1.52 bits per heavy atom. The number of rotatable bonds is 5. The van der Waals surface area contributed by atoms with Gasteiger partial charge < -0.3 is 15.4 Å². The van der Waals surface area contributed by atoms with E-state index in [-0.39, 0.29) is 5.97 Å². The van der Waals surface area contributed by atoms with Crippen molar-refractivity contribution in [3.05, 3.63) is 4.88 Å². The monoisotopic (exact) mass is 328 g/mol. The van der Waals surface area contributed by atoms with Crippen molar-refractivity contribution in [2.24, 2.45) is 5.92 Å². The Labute approximate surface area is 135 Å². The van der Waals surface area contributed by atoms with Crippen LogP contribution in [0.4, 0.5) is 10.7 Å². The molecule has 118 valence electrons. The molecule has 1 saturated heterocycles. The number of hydrogen-bond acceptors (Lipinski definition) is 6. The van der Waals surface area contributed by atoms with E-state index in [2.05, 4.69) is 11.8 Å². The molecule has 0 radical (unpaired) electrons. The maximum absolute atomic E-state index is 12.0. The lowest BCUT2D eigenvalue weighted by Crippen LogP contribution is -2.34. The largest absolute Gasteiger partial charge is 0.462 e. The van der Waals surface area contributed by atoms with Crippen molar-refractivity contribution in [3.63, 3.8) is 0 Å². The molecule has 1 aliphatic rings. The van der Waals surface area contributed by atoms with Crippen molar-refractivity contribution in [2.75, 3.05) is 36.6 Å². The third kappa shape index (κ3) is 3.48. The quantitative estimate of drug-likeness (QED) is 0.657. The lowest BCUT2D eigenvalue weighted by molar-refractivity contribution is 0.0533. The Morgan fingerprint density at radius 2 is 2.29 bits per heavy atom. The first-order valence-electron chi connectivity index (χ1n) is 7.50. The van der Waals surface area contributed by atoms with Crippen molar-refractivity contribution in [2.45, 2.75) is 38.0 Å². The zero-order valence-corrected chi connectivity index (χ0v) is 14.6. The highest BCUT2D eigenvalue weighted by Crippen LogP contribution is 2.45. The van der Waals surface area contributed by atoms with Crippen molar-refractivity contribution < 1.29 is 9.53 Å². The van der Waals surface area contributed by atoms with Crippen LogP contribution in [-0.4, -0.2) is 31.9 Å². The van der Waals surface area contributed by atoms with E-state index in [0.29, 0.717) is 17.2 Å². The number of piperidine rings is 1. The van der Waals surface area contributed by atoms with Crippen LogP contribution in [0.25, 0.3) is 0 Å². The van der Waals surface area contributed by atoms with Crippen LogP contribution >= 0.6 is 23.1 Å². The van der Waals surface area contributed by atoms with Crippen LogP contribution in [0.3, 0.4) is 0 Å². The molecule has 1 aromatic rings. The van der Waals surface area contributed by atoms with Crippen LogP contribution in [0.15, 0.2) is 4.90 Å². The lowest BCUT2D eigenvalue weighted by Gasteiger charge is -2.33. The van der Waals surface area contributed by atoms with Gasteiger partial charge in [0.05, 0.1) is 17.2 Å². The highest BCUT2D eigenvalue weighted by atomic mass is 32.2. The van der Waals surface area contributed by atoms with E-state index in [1.54, 1.807) is 11.8 Å². The number of anilines is 2. The molecule has 2 rings (SSSR count). The summed E-state index contributed by atoms with van der Waals surface area (Å²) < 4.78 is 5.11. The topological polar surface area (TPSA) is 55.6 Å². The summed E-state index contributed by atoms with van der Waals surface area (Å²) in [7, 11) is 0. The van der Waals surface area contributed by atoms with Gasteiger partial charge in [-0.15, -0.1) is 23.1 Å². The third-order valence-corrected chi connectivity index (χ3v) is 6.13. The Kier molecular flexibility index (Phi) is 5.81. The van der Waals surface area contributed by atoms with Crippen molar-refractivity contribution >= 4 is 39.8 Å². The lowest BCUT2D eigenvalue weighted by atomic mass is 9.96. The summed E-state index contributed by atoms with van der Waals surface area (Å²) in [6.45, 7) is 6.55. The second-order valence-corrected chi connectivity index (χ2v) is 7.08. The fourth-order valence-corrected chi connectivity index (χ4v) is 4.86. The standard InChI is InChI=1S/C15H24N2O2S2/c1-4-10-7-6-8-17(9-10)14-12(20-3)11(16)13(21-14)15(18)19-5-2/h10H,4-9,16H2,1-3H3. The van der Waals surface area contributed by atoms with Crippen LogP contribution in [-0.2, 0) is 4.74 Å². The summed E-state index contributed by atoms with van der Waals surface area (Å²) in [5.74, 6) is 0.438. The summed E-state index contributed by atoms with van der Waals surface area (Å²) >= 11 is 3.10. The van der Waals surface area contributed by atoms with E-state index in [0.717, 1.165) is 28.9 Å². The van der Waals surface area contributed by atoms with Gasteiger partial charge >= 0.3 is 5.97 Å². The maximum Gasteiger partial charge on any atom is 0.350 e. The molecule has 0 aromatic carbocycles. The molecule has 1 aliphatic heterocycles. The van der Waals surface area contributed by atoms with Gasteiger partial charge in [0.25, 0.3) is 0 Å². The van der Waals surface area contributed by atoms with Crippen LogP contribution in [0.1, 0.15) is 42.8 Å². The molecule has 2 heterocycles. The Hall–Kier alpha value is -0.880. The summed E-state index contributed by atoms with van der Waals surface area (Å²) in [4.78, 5) is 16.0. The van der Waals surface area contributed by atoms with Gasteiger partial charge in [-0.1, -0.05) is 13.3 Å². The molecule has 0 spiro atoms. The zero-order valence-electron chi connectivity index (χ0n) is 13.0. The number of thioether (sulfide) groups is 1. The van der Waals surface area contributed by atoms with Gasteiger partial charge in [-0.05, 0) is 31.9 Å². The summed E-state index contributed by atoms with van der Waals surface area (Å²) in [5, 5.41) is 1.14. The first-order chi connectivity index (χ1) is 10.1. The first kappa shape index (κ1) is 16.5.